The third kappa shape index (κ3) is 2.94. The summed E-state index contributed by atoms with van der Waals surface area (Å²) in [6, 6.07) is 9.08. The first-order valence-corrected chi connectivity index (χ1v) is 6.99. The molecule has 1 aromatic heterocycles. The van der Waals surface area contributed by atoms with Crippen LogP contribution in [0.15, 0.2) is 36.7 Å². The number of hydrogen-bond acceptors (Lipinski definition) is 3. The van der Waals surface area contributed by atoms with E-state index in [0.717, 1.165) is 26.0 Å². The molecule has 1 aliphatic rings. The number of aromatic nitrogens is 1. The van der Waals surface area contributed by atoms with Crippen molar-refractivity contribution in [3.8, 4) is 0 Å². The molecular weight excluding hydrogens is 236 g/mol. The van der Waals surface area contributed by atoms with Gasteiger partial charge in [0.2, 0.25) is 0 Å². The fraction of sp³-hybridized carbons (Fsp3) is 0.438. The average molecular weight is 256 g/mol. The molecule has 1 aliphatic heterocycles. The number of rotatable bonds is 3. The van der Waals surface area contributed by atoms with Crippen LogP contribution in [0.4, 0.5) is 0 Å². The molecule has 0 radical (unpaired) electrons. The number of nitrogens with zero attached hydrogens (tertiary/aromatic N) is 1. The lowest BCUT2D eigenvalue weighted by atomic mass is 10.0. The first kappa shape index (κ1) is 12.6. The van der Waals surface area contributed by atoms with Gasteiger partial charge in [-0.1, -0.05) is 18.2 Å². The fourth-order valence-electron chi connectivity index (χ4n) is 2.78. The van der Waals surface area contributed by atoms with Crippen molar-refractivity contribution in [2.45, 2.75) is 38.5 Å². The van der Waals surface area contributed by atoms with Gasteiger partial charge in [0.25, 0.3) is 0 Å². The smallest absolute Gasteiger partial charge is 0.0561 e. The van der Waals surface area contributed by atoms with Crippen LogP contribution in [-0.2, 0) is 11.3 Å². The van der Waals surface area contributed by atoms with E-state index < -0.39 is 0 Å². The van der Waals surface area contributed by atoms with Gasteiger partial charge in [0.1, 0.15) is 0 Å². The van der Waals surface area contributed by atoms with E-state index in [2.05, 4.69) is 41.5 Å². The Bertz CT molecular complexity index is 550. The lowest BCUT2D eigenvalue weighted by molar-refractivity contribution is 0.0130. The summed E-state index contributed by atoms with van der Waals surface area (Å²) in [6.07, 6.45) is 6.38. The molecule has 0 aliphatic carbocycles. The summed E-state index contributed by atoms with van der Waals surface area (Å²) in [5, 5.41) is 6.17. The van der Waals surface area contributed by atoms with Crippen molar-refractivity contribution in [2.24, 2.45) is 0 Å². The van der Waals surface area contributed by atoms with Gasteiger partial charge in [-0.15, -0.1) is 0 Å². The molecule has 1 saturated heterocycles. The fourth-order valence-corrected chi connectivity index (χ4v) is 2.78. The highest BCUT2D eigenvalue weighted by Crippen LogP contribution is 2.19. The number of ether oxygens (including phenoxy) is 1. The molecule has 100 valence electrons. The summed E-state index contributed by atoms with van der Waals surface area (Å²) in [5.41, 5.74) is 1.35. The third-order valence-electron chi connectivity index (χ3n) is 3.84. The highest BCUT2D eigenvalue weighted by Gasteiger charge is 2.18. The van der Waals surface area contributed by atoms with E-state index in [1.54, 1.807) is 0 Å². The molecule has 3 heteroatoms. The third-order valence-corrected chi connectivity index (χ3v) is 3.84. The molecule has 2 atom stereocenters. The predicted molar refractivity (Wildman–Crippen MR) is 77.0 cm³/mol. The molecule has 2 heterocycles. The topological polar surface area (TPSA) is 34.2 Å². The molecule has 0 saturated carbocycles. The highest BCUT2D eigenvalue weighted by atomic mass is 16.5. The number of pyridine rings is 1. The Hall–Kier alpha value is -1.45. The zero-order valence-corrected chi connectivity index (χ0v) is 11.3. The molecule has 19 heavy (non-hydrogen) atoms. The van der Waals surface area contributed by atoms with Crippen molar-refractivity contribution in [1.82, 2.24) is 10.3 Å². The lowest BCUT2D eigenvalue weighted by Crippen LogP contribution is -2.37. The van der Waals surface area contributed by atoms with Gasteiger partial charge in [0.15, 0.2) is 0 Å². The zero-order valence-electron chi connectivity index (χ0n) is 11.3. The maximum atomic E-state index is 5.58. The number of hydrogen-bond donors (Lipinski definition) is 1. The van der Waals surface area contributed by atoms with Crippen LogP contribution in [0.1, 0.15) is 25.3 Å². The highest BCUT2D eigenvalue weighted by molar-refractivity contribution is 5.84. The minimum Gasteiger partial charge on any atom is -0.378 e. The van der Waals surface area contributed by atoms with Crippen molar-refractivity contribution < 1.29 is 4.74 Å². The molecule has 1 N–H and O–H groups in total. The van der Waals surface area contributed by atoms with Gasteiger partial charge in [-0.3, -0.25) is 4.98 Å². The average Bonchev–Trinajstić information content (AvgIpc) is 2.45. The van der Waals surface area contributed by atoms with Crippen LogP contribution in [-0.4, -0.2) is 23.7 Å². The van der Waals surface area contributed by atoms with Gasteiger partial charge in [0.05, 0.1) is 6.10 Å². The van der Waals surface area contributed by atoms with Crippen LogP contribution in [0.5, 0.6) is 0 Å². The zero-order chi connectivity index (χ0) is 13.1. The SMILES string of the molecule is CC1CC(NCc2cccc3cnccc23)CCO1. The number of benzene rings is 1. The van der Waals surface area contributed by atoms with Gasteiger partial charge in [-0.25, -0.2) is 0 Å². The molecule has 0 amide bonds. The van der Waals surface area contributed by atoms with Crippen molar-refractivity contribution in [2.75, 3.05) is 6.61 Å². The predicted octanol–water partition coefficient (Wildman–Crippen LogP) is 2.89. The molecular formula is C16H20N2O. The summed E-state index contributed by atoms with van der Waals surface area (Å²) >= 11 is 0. The van der Waals surface area contributed by atoms with E-state index in [-0.39, 0.29) is 0 Å². The lowest BCUT2D eigenvalue weighted by Gasteiger charge is -2.28. The Kier molecular flexibility index (Phi) is 3.76. The van der Waals surface area contributed by atoms with Crippen LogP contribution in [0.25, 0.3) is 10.8 Å². The standard InChI is InChI=1S/C16H20N2O/c1-12-9-15(6-8-19-12)18-11-14-4-2-3-13-10-17-7-5-16(13)14/h2-5,7,10,12,15,18H,6,8-9,11H2,1H3. The van der Waals surface area contributed by atoms with Crippen LogP contribution in [0.2, 0.25) is 0 Å². The van der Waals surface area contributed by atoms with Crippen LogP contribution >= 0.6 is 0 Å². The number of fused-ring (bicyclic) bond motifs is 1. The van der Waals surface area contributed by atoms with Gasteiger partial charge < -0.3 is 10.1 Å². The summed E-state index contributed by atoms with van der Waals surface area (Å²) in [7, 11) is 0. The summed E-state index contributed by atoms with van der Waals surface area (Å²) in [4.78, 5) is 4.18. The first-order chi connectivity index (χ1) is 9.33. The molecule has 0 bridgehead atoms. The maximum Gasteiger partial charge on any atom is 0.0561 e. The molecule has 1 aromatic carbocycles. The van der Waals surface area contributed by atoms with Gasteiger partial charge in [-0.05, 0) is 36.8 Å². The molecule has 2 unspecified atom stereocenters. The largest absolute Gasteiger partial charge is 0.378 e. The van der Waals surface area contributed by atoms with E-state index >= 15 is 0 Å². The second kappa shape index (κ2) is 5.68. The number of nitrogens with one attached hydrogen (secondary N) is 1. The van der Waals surface area contributed by atoms with E-state index in [1.807, 2.05) is 12.4 Å². The molecule has 2 aromatic rings. The van der Waals surface area contributed by atoms with E-state index in [4.69, 9.17) is 4.74 Å². The molecule has 0 spiro atoms. The second-order valence-electron chi connectivity index (χ2n) is 5.30. The van der Waals surface area contributed by atoms with Crippen molar-refractivity contribution in [3.63, 3.8) is 0 Å². The van der Waals surface area contributed by atoms with Gasteiger partial charge in [-0.2, -0.15) is 0 Å². The normalized spacial score (nSPS) is 23.6. The van der Waals surface area contributed by atoms with Gasteiger partial charge >= 0.3 is 0 Å². The quantitative estimate of drug-likeness (QED) is 0.917. The van der Waals surface area contributed by atoms with Gasteiger partial charge in [0, 0.05) is 37.0 Å². The monoisotopic (exact) mass is 256 g/mol. The van der Waals surface area contributed by atoms with Crippen molar-refractivity contribution in [1.29, 1.82) is 0 Å². The molecule has 1 fully saturated rings. The Morgan fingerprint density at radius 1 is 1.37 bits per heavy atom. The molecule has 3 nitrogen and oxygen atoms in total. The maximum absolute atomic E-state index is 5.58. The minimum atomic E-state index is 0.378. The minimum absolute atomic E-state index is 0.378. The van der Waals surface area contributed by atoms with Crippen LogP contribution in [0.3, 0.4) is 0 Å². The summed E-state index contributed by atoms with van der Waals surface area (Å²) < 4.78 is 5.58. The van der Waals surface area contributed by atoms with Crippen LogP contribution < -0.4 is 5.32 Å². The Morgan fingerprint density at radius 2 is 2.32 bits per heavy atom. The second-order valence-corrected chi connectivity index (χ2v) is 5.30. The first-order valence-electron chi connectivity index (χ1n) is 6.99. The van der Waals surface area contributed by atoms with Crippen molar-refractivity contribution >= 4 is 10.8 Å². The van der Waals surface area contributed by atoms with Crippen molar-refractivity contribution in [3.05, 3.63) is 42.2 Å². The summed E-state index contributed by atoms with van der Waals surface area (Å²) in [6.45, 7) is 3.94. The summed E-state index contributed by atoms with van der Waals surface area (Å²) in [5.74, 6) is 0. The molecule has 3 rings (SSSR count). The Labute approximate surface area is 114 Å². The Balaban J connectivity index is 1.71. The van der Waals surface area contributed by atoms with Crippen LogP contribution in [0, 0.1) is 0 Å². The van der Waals surface area contributed by atoms with E-state index in [1.165, 1.54) is 16.3 Å². The van der Waals surface area contributed by atoms with E-state index in [0.29, 0.717) is 12.1 Å². The van der Waals surface area contributed by atoms with E-state index in [9.17, 15) is 0 Å². The Morgan fingerprint density at radius 3 is 3.21 bits per heavy atom.